The number of benzene rings is 1. The fourth-order valence-electron chi connectivity index (χ4n) is 3.93. The average molecular weight is 605 g/mol. The van der Waals surface area contributed by atoms with Crippen molar-refractivity contribution < 1.29 is 13.2 Å². The maximum atomic E-state index is 13.2. The van der Waals surface area contributed by atoms with Crippen molar-refractivity contribution >= 4 is 56.5 Å². The van der Waals surface area contributed by atoms with Crippen LogP contribution >= 0.6 is 23.1 Å². The summed E-state index contributed by atoms with van der Waals surface area (Å²) >= 11 is 2.49. The van der Waals surface area contributed by atoms with E-state index >= 15 is 0 Å². The van der Waals surface area contributed by atoms with Gasteiger partial charge in [0.15, 0.2) is 0 Å². The molecule has 208 valence electrons. The minimum absolute atomic E-state index is 0.0258. The maximum absolute atomic E-state index is 13.2. The first kappa shape index (κ1) is 29.5. The number of nitriles is 2. The molecule has 14 heteroatoms. The molecule has 41 heavy (non-hydrogen) atoms. The van der Waals surface area contributed by atoms with Gasteiger partial charge in [-0.15, -0.1) is 0 Å². The van der Waals surface area contributed by atoms with Crippen molar-refractivity contribution in [2.24, 2.45) is 0 Å². The number of thiophene rings is 1. The molecule has 3 heterocycles. The van der Waals surface area contributed by atoms with E-state index in [9.17, 15) is 23.7 Å². The molecule has 0 aliphatic heterocycles. The Balaban J connectivity index is 1.53. The first-order chi connectivity index (χ1) is 19.6. The second-order valence-corrected chi connectivity index (χ2v) is 12.4. The summed E-state index contributed by atoms with van der Waals surface area (Å²) in [5.74, 6) is -0.429. The fraction of sp³-hybridized carbons (Fsp3) is 0.185. The highest BCUT2D eigenvalue weighted by Crippen LogP contribution is 2.38. The summed E-state index contributed by atoms with van der Waals surface area (Å²) in [6, 6.07) is 13.3. The maximum Gasteiger partial charge on any atom is 0.264 e. The number of carbonyl (C=O) groups is 1. The van der Waals surface area contributed by atoms with Crippen molar-refractivity contribution in [3.05, 3.63) is 69.7 Å². The quantitative estimate of drug-likeness (QED) is 0.223. The van der Waals surface area contributed by atoms with Gasteiger partial charge in [0.25, 0.3) is 10.0 Å². The van der Waals surface area contributed by atoms with Crippen LogP contribution in [0.1, 0.15) is 35.9 Å². The van der Waals surface area contributed by atoms with Crippen LogP contribution in [-0.4, -0.2) is 34.5 Å². The topological polar surface area (TPSA) is 188 Å². The van der Waals surface area contributed by atoms with Gasteiger partial charge in [0.2, 0.25) is 11.9 Å². The molecule has 1 aromatic carbocycles. The largest absolute Gasteiger partial charge is 0.383 e. The molecule has 3 aromatic heterocycles. The zero-order valence-electron chi connectivity index (χ0n) is 22.2. The van der Waals surface area contributed by atoms with Crippen LogP contribution in [0.3, 0.4) is 0 Å². The zero-order chi connectivity index (χ0) is 29.7. The van der Waals surface area contributed by atoms with E-state index in [0.29, 0.717) is 34.6 Å². The smallest absolute Gasteiger partial charge is 0.264 e. The summed E-state index contributed by atoms with van der Waals surface area (Å²) in [5.41, 5.74) is 9.04. The number of hydrogen-bond donors (Lipinski definition) is 3. The third-order valence-electron chi connectivity index (χ3n) is 5.78. The number of nitrogen functional groups attached to an aromatic ring is 1. The van der Waals surface area contributed by atoms with Gasteiger partial charge in [-0.2, -0.15) is 21.9 Å². The second kappa shape index (κ2) is 12.3. The summed E-state index contributed by atoms with van der Waals surface area (Å²) in [4.78, 5) is 25.6. The number of nitrogens with zero attached hydrogens (tertiary/aromatic N) is 5. The molecule has 0 aliphatic rings. The van der Waals surface area contributed by atoms with Gasteiger partial charge >= 0.3 is 0 Å². The van der Waals surface area contributed by atoms with Crippen molar-refractivity contribution in [2.45, 2.75) is 42.4 Å². The molecule has 0 bridgehead atoms. The third kappa shape index (κ3) is 6.63. The number of amides is 1. The molecule has 0 aliphatic carbocycles. The number of hydrogen-bond acceptors (Lipinski definition) is 11. The van der Waals surface area contributed by atoms with E-state index in [1.807, 2.05) is 23.8 Å². The lowest BCUT2D eigenvalue weighted by atomic mass is 9.99. The van der Waals surface area contributed by atoms with E-state index in [0.717, 1.165) is 11.8 Å². The van der Waals surface area contributed by atoms with Gasteiger partial charge < -0.3 is 11.1 Å². The summed E-state index contributed by atoms with van der Waals surface area (Å²) in [6.45, 7) is 5.29. The van der Waals surface area contributed by atoms with Crippen LogP contribution in [0.25, 0.3) is 11.1 Å². The first-order valence-electron chi connectivity index (χ1n) is 12.1. The lowest BCUT2D eigenvalue weighted by molar-refractivity contribution is -0.115. The standard InChI is InChI=1S/C27H24N8O3S3/c1-4-22(40-26-21(13-29)23(17-9-10-39-14-17)20(12-28)24(30)34-26)25(36)33-18-5-7-19(8-6-18)41(37,38)35-27-31-15(2)11-16(3)32-27/h5-11,14,22H,4H2,1-3H3,(H2,30,34)(H,33,36)(H,31,32,35). The Hall–Kier alpha value is -4.50. The molecule has 1 atom stereocenters. The SMILES string of the molecule is CCC(Sc1nc(N)c(C#N)c(-c2ccsc2)c1C#N)C(=O)Nc1ccc(S(=O)(=O)Nc2nc(C)cc(C)n2)cc1. The predicted molar refractivity (Wildman–Crippen MR) is 159 cm³/mol. The third-order valence-corrected chi connectivity index (χ3v) is 9.16. The van der Waals surface area contributed by atoms with Crippen LogP contribution in [0.15, 0.2) is 57.1 Å². The number of aryl methyl sites for hydroxylation is 2. The fourth-order valence-corrected chi connectivity index (χ4v) is 6.54. The lowest BCUT2D eigenvalue weighted by Crippen LogP contribution is -2.25. The van der Waals surface area contributed by atoms with Gasteiger partial charge in [-0.05, 0) is 73.0 Å². The number of thioether (sulfide) groups is 1. The highest BCUT2D eigenvalue weighted by Gasteiger charge is 2.26. The normalized spacial score (nSPS) is 11.7. The monoisotopic (exact) mass is 604 g/mol. The minimum Gasteiger partial charge on any atom is -0.383 e. The molecule has 0 radical (unpaired) electrons. The summed E-state index contributed by atoms with van der Waals surface area (Å²) in [7, 11) is -3.96. The van der Waals surface area contributed by atoms with Gasteiger partial charge in [0.1, 0.15) is 28.5 Å². The van der Waals surface area contributed by atoms with E-state index in [2.05, 4.69) is 31.1 Å². The van der Waals surface area contributed by atoms with Crippen LogP contribution < -0.4 is 15.8 Å². The highest BCUT2D eigenvalue weighted by atomic mass is 32.2. The molecule has 0 saturated carbocycles. The number of aromatic nitrogens is 3. The molecule has 0 spiro atoms. The second-order valence-electron chi connectivity index (χ2n) is 8.77. The van der Waals surface area contributed by atoms with Crippen molar-refractivity contribution in [1.29, 1.82) is 10.5 Å². The summed E-state index contributed by atoms with van der Waals surface area (Å²) in [5, 5.41) is 25.6. The van der Waals surface area contributed by atoms with Crippen LogP contribution in [0, 0.1) is 36.5 Å². The number of anilines is 3. The molecular formula is C27H24N8O3S3. The Labute approximate surface area is 245 Å². The van der Waals surface area contributed by atoms with Crippen molar-refractivity contribution in [2.75, 3.05) is 15.8 Å². The number of carbonyl (C=O) groups excluding carboxylic acids is 1. The van der Waals surface area contributed by atoms with Gasteiger partial charge in [-0.25, -0.2) is 28.1 Å². The zero-order valence-corrected chi connectivity index (χ0v) is 24.6. The molecule has 4 aromatic rings. The van der Waals surface area contributed by atoms with Crippen LogP contribution in [-0.2, 0) is 14.8 Å². The Kier molecular flexibility index (Phi) is 8.88. The van der Waals surface area contributed by atoms with E-state index in [-0.39, 0.29) is 38.7 Å². The summed E-state index contributed by atoms with van der Waals surface area (Å²) in [6.07, 6.45) is 0.392. The van der Waals surface area contributed by atoms with Crippen molar-refractivity contribution in [1.82, 2.24) is 15.0 Å². The van der Waals surface area contributed by atoms with Crippen molar-refractivity contribution in [3.63, 3.8) is 0 Å². The van der Waals surface area contributed by atoms with E-state index < -0.39 is 15.3 Å². The predicted octanol–water partition coefficient (Wildman–Crippen LogP) is 4.85. The Morgan fingerprint density at radius 3 is 2.29 bits per heavy atom. The van der Waals surface area contributed by atoms with Crippen LogP contribution in [0.4, 0.5) is 17.5 Å². The van der Waals surface area contributed by atoms with Gasteiger partial charge in [-0.1, -0.05) is 18.7 Å². The van der Waals surface area contributed by atoms with E-state index in [1.165, 1.54) is 35.6 Å². The molecule has 0 fully saturated rings. The molecule has 0 saturated heterocycles. The number of nitrogens with two attached hydrogens (primary N) is 1. The highest BCUT2D eigenvalue weighted by molar-refractivity contribution is 8.00. The average Bonchev–Trinajstić information content (AvgIpc) is 3.45. The van der Waals surface area contributed by atoms with Gasteiger partial charge in [0.05, 0.1) is 15.7 Å². The Morgan fingerprint density at radius 2 is 1.73 bits per heavy atom. The Morgan fingerprint density at radius 1 is 1.07 bits per heavy atom. The number of pyridine rings is 1. The van der Waals surface area contributed by atoms with E-state index in [1.54, 1.807) is 26.0 Å². The van der Waals surface area contributed by atoms with Gasteiger partial charge in [0, 0.05) is 22.6 Å². The molecule has 1 amide bonds. The van der Waals surface area contributed by atoms with Crippen LogP contribution in [0.5, 0.6) is 0 Å². The first-order valence-corrected chi connectivity index (χ1v) is 15.5. The molecule has 4 rings (SSSR count). The van der Waals surface area contributed by atoms with E-state index in [4.69, 9.17) is 5.73 Å². The lowest BCUT2D eigenvalue weighted by Gasteiger charge is -2.17. The minimum atomic E-state index is -3.96. The molecular weight excluding hydrogens is 581 g/mol. The molecule has 1 unspecified atom stereocenters. The molecule has 11 nitrogen and oxygen atoms in total. The number of rotatable bonds is 9. The summed E-state index contributed by atoms with van der Waals surface area (Å²) < 4.78 is 28.0. The molecule has 4 N–H and O–H groups in total. The van der Waals surface area contributed by atoms with Crippen LogP contribution in [0.2, 0.25) is 0 Å². The number of sulfonamides is 1. The van der Waals surface area contributed by atoms with Gasteiger partial charge in [-0.3, -0.25) is 4.79 Å². The Bertz CT molecular complexity index is 1770. The van der Waals surface area contributed by atoms with Crippen molar-refractivity contribution in [3.8, 4) is 23.3 Å². The number of nitrogens with one attached hydrogen (secondary N) is 2.